The highest BCUT2D eigenvalue weighted by molar-refractivity contribution is 5.74. The fourth-order valence-corrected chi connectivity index (χ4v) is 4.18. The fraction of sp³-hybridized carbons (Fsp3) is 0.464. The molecule has 0 atom stereocenters. The van der Waals surface area contributed by atoms with Crippen LogP contribution in [0.15, 0.2) is 24.3 Å². The van der Waals surface area contributed by atoms with E-state index in [1.165, 1.54) is 51.4 Å². The molecule has 33 heavy (non-hydrogen) atoms. The van der Waals surface area contributed by atoms with Crippen molar-refractivity contribution < 1.29 is 4.74 Å². The molecule has 0 fully saturated rings. The van der Waals surface area contributed by atoms with Gasteiger partial charge in [0.2, 0.25) is 0 Å². The smallest absolute Gasteiger partial charge is 0.162 e. The Morgan fingerprint density at radius 3 is 2.27 bits per heavy atom. The average Bonchev–Trinajstić information content (AvgIpc) is 3.52. The van der Waals surface area contributed by atoms with E-state index in [9.17, 15) is 5.26 Å². The third-order valence-electron chi connectivity index (χ3n) is 5.94. The van der Waals surface area contributed by atoms with Crippen LogP contribution in [0, 0.1) is 18.3 Å². The van der Waals surface area contributed by atoms with E-state index in [1.54, 1.807) is 0 Å². The minimum atomic E-state index is 0.499. The molecule has 5 nitrogen and oxygen atoms in total. The Labute approximate surface area is 197 Å². The third kappa shape index (κ3) is 6.92. The van der Waals surface area contributed by atoms with Gasteiger partial charge >= 0.3 is 0 Å². The fourth-order valence-electron chi connectivity index (χ4n) is 4.18. The topological polar surface area (TPSA) is 80.4 Å². The Balaban J connectivity index is 1.69. The lowest BCUT2D eigenvalue weighted by Gasteiger charge is -2.02. The van der Waals surface area contributed by atoms with E-state index >= 15 is 0 Å². The Morgan fingerprint density at radius 1 is 0.879 bits per heavy atom. The minimum absolute atomic E-state index is 0.499. The summed E-state index contributed by atoms with van der Waals surface area (Å²) in [7, 11) is 0. The van der Waals surface area contributed by atoms with Gasteiger partial charge in [-0.3, -0.25) is 0 Å². The van der Waals surface area contributed by atoms with Crippen molar-refractivity contribution in [3.8, 4) is 23.2 Å². The molecule has 0 aromatic carbocycles. The van der Waals surface area contributed by atoms with Gasteiger partial charge in [-0.1, -0.05) is 57.9 Å². The molecule has 0 aliphatic heterocycles. The van der Waals surface area contributed by atoms with Crippen molar-refractivity contribution in [2.45, 2.75) is 78.6 Å². The molecule has 3 aromatic rings. The van der Waals surface area contributed by atoms with Crippen molar-refractivity contribution in [3.05, 3.63) is 51.9 Å². The normalized spacial score (nSPS) is 12.4. The van der Waals surface area contributed by atoms with Crippen molar-refractivity contribution in [2.75, 3.05) is 6.61 Å². The minimum Gasteiger partial charge on any atom is -0.490 e. The predicted molar refractivity (Wildman–Crippen MR) is 137 cm³/mol. The first kappa shape index (κ1) is 24.5. The van der Waals surface area contributed by atoms with Crippen LogP contribution in [0.5, 0.6) is 5.75 Å². The number of aryl methyl sites for hydroxylation is 1. The largest absolute Gasteiger partial charge is 0.490 e. The lowest BCUT2D eigenvalue weighted by atomic mass is 10.1. The quantitative estimate of drug-likeness (QED) is 0.279. The summed E-state index contributed by atoms with van der Waals surface area (Å²) < 4.78 is 5.86. The number of hydrogen-bond acceptors (Lipinski definition) is 2. The van der Waals surface area contributed by atoms with Crippen LogP contribution in [-0.4, -0.2) is 21.6 Å². The summed E-state index contributed by atoms with van der Waals surface area (Å²) in [4.78, 5) is 10.2. The van der Waals surface area contributed by atoms with E-state index in [4.69, 9.17) is 4.74 Å². The van der Waals surface area contributed by atoms with Crippen LogP contribution in [0.4, 0.5) is 0 Å². The molecule has 0 spiro atoms. The van der Waals surface area contributed by atoms with Crippen LogP contribution in [0.2, 0.25) is 0 Å². The summed E-state index contributed by atoms with van der Waals surface area (Å²) in [5.41, 5.74) is 4.02. The molecule has 3 N–H and O–H groups in total. The van der Waals surface area contributed by atoms with E-state index < -0.39 is 0 Å². The van der Waals surface area contributed by atoms with Crippen LogP contribution >= 0.6 is 0 Å². The Hall–Kier alpha value is -3.13. The lowest BCUT2D eigenvalue weighted by Crippen LogP contribution is -2.09. The van der Waals surface area contributed by atoms with E-state index in [0.717, 1.165) is 39.9 Å². The zero-order valence-corrected chi connectivity index (χ0v) is 20.4. The highest BCUT2D eigenvalue weighted by Crippen LogP contribution is 2.33. The van der Waals surface area contributed by atoms with E-state index in [0.29, 0.717) is 17.9 Å². The number of hydrogen-bond donors (Lipinski definition) is 3. The van der Waals surface area contributed by atoms with Gasteiger partial charge < -0.3 is 19.7 Å². The maximum Gasteiger partial charge on any atom is 0.162 e. The second kappa shape index (κ2) is 12.8. The molecule has 5 heteroatoms. The first-order valence-electron chi connectivity index (χ1n) is 12.5. The molecule has 0 saturated heterocycles. The number of rotatable bonds is 13. The molecular weight excluding hydrogens is 408 g/mol. The number of aromatic nitrogens is 3. The first-order chi connectivity index (χ1) is 16.2. The van der Waals surface area contributed by atoms with Crippen molar-refractivity contribution >= 4 is 12.2 Å². The molecular formula is C28H38N4O. The summed E-state index contributed by atoms with van der Waals surface area (Å²) in [6.45, 7) is 6.70. The zero-order valence-electron chi connectivity index (χ0n) is 20.4. The highest BCUT2D eigenvalue weighted by atomic mass is 16.5. The summed E-state index contributed by atoms with van der Waals surface area (Å²) in [6.07, 6.45) is 16.1. The lowest BCUT2D eigenvalue weighted by molar-refractivity contribution is 0.339. The first-order valence-corrected chi connectivity index (χ1v) is 12.5. The van der Waals surface area contributed by atoms with Crippen molar-refractivity contribution in [3.63, 3.8) is 0 Å². The van der Waals surface area contributed by atoms with Gasteiger partial charge in [-0.25, -0.2) is 0 Å². The second-order valence-electron chi connectivity index (χ2n) is 8.70. The molecule has 0 amide bonds. The molecule has 0 saturated carbocycles. The average molecular weight is 447 g/mol. The van der Waals surface area contributed by atoms with Crippen LogP contribution in [-0.2, 0) is 0 Å². The number of nitrogens with one attached hydrogen (secondary N) is 3. The highest BCUT2D eigenvalue weighted by Gasteiger charge is 2.19. The maximum absolute atomic E-state index is 9.80. The third-order valence-corrected chi connectivity index (χ3v) is 5.94. The molecule has 3 rings (SSSR count). The number of nitrogens with zero attached hydrogens (tertiary/aromatic N) is 1. The predicted octanol–water partition coefficient (Wildman–Crippen LogP) is 6.06. The number of H-pyrrole nitrogens is 3. The van der Waals surface area contributed by atoms with Crippen LogP contribution in [0.1, 0.15) is 88.6 Å². The van der Waals surface area contributed by atoms with Crippen LogP contribution in [0.25, 0.3) is 23.5 Å². The summed E-state index contributed by atoms with van der Waals surface area (Å²) in [5.74, 6) is 0.598. The van der Waals surface area contributed by atoms with Gasteiger partial charge in [0.1, 0.15) is 11.6 Å². The number of ether oxygens (including phenoxy) is 1. The molecule has 0 unspecified atom stereocenters. The number of unbranched alkanes of at least 4 members (excludes halogenated alkanes) is 8. The van der Waals surface area contributed by atoms with Crippen LogP contribution in [0.3, 0.4) is 0 Å². The Bertz CT molecular complexity index is 1160. The van der Waals surface area contributed by atoms with Gasteiger partial charge in [0, 0.05) is 16.4 Å². The van der Waals surface area contributed by atoms with Gasteiger partial charge in [-0.2, -0.15) is 5.26 Å². The van der Waals surface area contributed by atoms with Crippen LogP contribution < -0.4 is 15.4 Å². The van der Waals surface area contributed by atoms with Gasteiger partial charge in [-0.15, -0.1) is 0 Å². The van der Waals surface area contributed by atoms with E-state index in [2.05, 4.69) is 46.2 Å². The second-order valence-corrected chi connectivity index (χ2v) is 8.70. The van der Waals surface area contributed by atoms with Gasteiger partial charge in [0.05, 0.1) is 23.7 Å². The number of aromatic amines is 3. The van der Waals surface area contributed by atoms with Crippen molar-refractivity contribution in [1.82, 2.24) is 15.0 Å². The monoisotopic (exact) mass is 446 g/mol. The van der Waals surface area contributed by atoms with Gasteiger partial charge in [0.15, 0.2) is 5.75 Å². The summed E-state index contributed by atoms with van der Waals surface area (Å²) in [5, 5.41) is 11.9. The summed E-state index contributed by atoms with van der Waals surface area (Å²) >= 11 is 0. The Morgan fingerprint density at radius 2 is 1.61 bits per heavy atom. The van der Waals surface area contributed by atoms with Crippen molar-refractivity contribution in [2.24, 2.45) is 0 Å². The summed E-state index contributed by atoms with van der Waals surface area (Å²) in [6, 6.07) is 10.5. The number of nitriles is 1. The maximum atomic E-state index is 9.80. The van der Waals surface area contributed by atoms with E-state index in [-0.39, 0.29) is 0 Å². The Kier molecular flexibility index (Phi) is 9.50. The standard InChI is InChI=1S/C28H38N4O/c1-4-6-7-8-9-10-11-12-13-14-22-16-17-23(31-22)19-26-28(33-5-2)24(20-29)27(32-26)25-18-15-21(3)30-25/h14-19,30-32H,4-13H2,1-3H3. The van der Waals surface area contributed by atoms with E-state index in [1.807, 2.05) is 32.1 Å². The molecule has 0 radical (unpaired) electrons. The SMILES string of the molecule is CCCCCCCCCCC=c1ccc(=Cc2[nH]c(-c3ccc(C)[nH]3)c(C#N)c2OCC)[nH]1. The molecule has 0 aliphatic rings. The molecule has 3 aromatic heterocycles. The molecule has 0 aliphatic carbocycles. The molecule has 0 bridgehead atoms. The zero-order chi connectivity index (χ0) is 23.5. The van der Waals surface area contributed by atoms with Gasteiger partial charge in [0.25, 0.3) is 0 Å². The molecule has 176 valence electrons. The van der Waals surface area contributed by atoms with Gasteiger partial charge in [-0.05, 0) is 57.0 Å². The van der Waals surface area contributed by atoms with Crippen molar-refractivity contribution in [1.29, 1.82) is 5.26 Å². The molecule has 3 heterocycles.